The number of fused-ring (bicyclic) bond motifs is 1. The van der Waals surface area contributed by atoms with E-state index in [9.17, 15) is 13.2 Å². The predicted octanol–water partition coefficient (Wildman–Crippen LogP) is 3.74. The number of aromatic nitrogens is 1. The van der Waals surface area contributed by atoms with Crippen molar-refractivity contribution in [2.75, 3.05) is 13.1 Å². The highest BCUT2D eigenvalue weighted by atomic mass is 35.5. The monoisotopic (exact) mass is 306 g/mol. The minimum absolute atomic E-state index is 0.0218. The van der Waals surface area contributed by atoms with Crippen molar-refractivity contribution in [1.82, 2.24) is 10.3 Å². The molecule has 1 N–H and O–H groups in total. The summed E-state index contributed by atoms with van der Waals surface area (Å²) in [5, 5.41) is 3.34. The van der Waals surface area contributed by atoms with Crippen molar-refractivity contribution in [3.05, 3.63) is 28.2 Å². The number of benzene rings is 1. The first kappa shape index (κ1) is 13.1. The van der Waals surface area contributed by atoms with E-state index in [0.29, 0.717) is 21.8 Å². The van der Waals surface area contributed by atoms with Gasteiger partial charge in [0.15, 0.2) is 0 Å². The molecule has 0 amide bonds. The lowest BCUT2D eigenvalue weighted by atomic mass is 9.87. The van der Waals surface area contributed by atoms with E-state index in [1.54, 1.807) is 18.2 Å². The third-order valence-electron chi connectivity index (χ3n) is 3.47. The summed E-state index contributed by atoms with van der Waals surface area (Å²) < 4.78 is 40.9. The van der Waals surface area contributed by atoms with Gasteiger partial charge in [-0.2, -0.15) is 13.2 Å². The summed E-state index contributed by atoms with van der Waals surface area (Å²) in [4.78, 5) is 4.17. The van der Waals surface area contributed by atoms with Crippen molar-refractivity contribution in [1.29, 1.82) is 0 Å². The average molecular weight is 307 g/mol. The smallest absolute Gasteiger partial charge is 0.315 e. The van der Waals surface area contributed by atoms with Crippen LogP contribution in [0.1, 0.15) is 11.4 Å². The second kappa shape index (κ2) is 4.33. The number of nitrogens with zero attached hydrogens (tertiary/aromatic N) is 1. The molecule has 0 saturated carbocycles. The summed E-state index contributed by atoms with van der Waals surface area (Å²) in [5.41, 5.74) is -1.34. The van der Waals surface area contributed by atoms with Crippen LogP contribution in [-0.4, -0.2) is 24.2 Å². The number of halogens is 4. The molecule has 1 fully saturated rings. The van der Waals surface area contributed by atoms with Crippen LogP contribution in [0.15, 0.2) is 18.2 Å². The molecule has 1 aromatic heterocycles. The van der Waals surface area contributed by atoms with Crippen LogP contribution in [0.2, 0.25) is 5.02 Å². The molecule has 1 saturated heterocycles. The van der Waals surface area contributed by atoms with Crippen LogP contribution in [0.4, 0.5) is 13.2 Å². The van der Waals surface area contributed by atoms with Gasteiger partial charge in [0.2, 0.25) is 0 Å². The highest BCUT2D eigenvalue weighted by molar-refractivity contribution is 7.19. The van der Waals surface area contributed by atoms with Crippen molar-refractivity contribution in [3.63, 3.8) is 0 Å². The molecule has 2 heterocycles. The molecule has 102 valence electrons. The maximum Gasteiger partial charge on any atom is 0.402 e. The minimum atomic E-state index is -4.31. The van der Waals surface area contributed by atoms with E-state index in [4.69, 9.17) is 11.6 Å². The molecule has 1 aromatic carbocycles. The number of rotatable bonds is 1. The summed E-state index contributed by atoms with van der Waals surface area (Å²) in [6.45, 7) is 0.233. The van der Waals surface area contributed by atoms with Crippen LogP contribution >= 0.6 is 22.9 Å². The molecule has 0 bridgehead atoms. The number of hydrogen-bond acceptors (Lipinski definition) is 3. The first-order chi connectivity index (χ1) is 8.94. The molecule has 1 aliphatic heterocycles. The Hall–Kier alpha value is -0.850. The second-order valence-electron chi connectivity index (χ2n) is 4.61. The zero-order valence-electron chi connectivity index (χ0n) is 9.72. The van der Waals surface area contributed by atoms with E-state index in [2.05, 4.69) is 10.3 Å². The van der Waals surface area contributed by atoms with Crippen LogP contribution in [0.25, 0.3) is 10.2 Å². The Kier molecular flexibility index (Phi) is 2.99. The van der Waals surface area contributed by atoms with Gasteiger partial charge in [-0.3, -0.25) is 0 Å². The average Bonchev–Trinajstić information content (AvgIpc) is 2.95. The number of nitrogens with one attached hydrogen (secondary N) is 1. The molecule has 0 aliphatic carbocycles. The molecule has 1 aliphatic rings. The Morgan fingerprint density at radius 1 is 1.37 bits per heavy atom. The molecule has 3 rings (SSSR count). The molecule has 0 radical (unpaired) electrons. The highest BCUT2D eigenvalue weighted by Crippen LogP contribution is 2.48. The first-order valence-corrected chi connectivity index (χ1v) is 6.96. The summed E-state index contributed by atoms with van der Waals surface area (Å²) in [6, 6.07) is 5.05. The predicted molar refractivity (Wildman–Crippen MR) is 69.8 cm³/mol. The van der Waals surface area contributed by atoms with Crippen molar-refractivity contribution < 1.29 is 13.2 Å². The Balaban J connectivity index is 2.19. The van der Waals surface area contributed by atoms with Crippen LogP contribution in [-0.2, 0) is 5.41 Å². The fourth-order valence-electron chi connectivity index (χ4n) is 2.36. The highest BCUT2D eigenvalue weighted by Gasteiger charge is 2.59. The lowest BCUT2D eigenvalue weighted by molar-refractivity contribution is -0.184. The van der Waals surface area contributed by atoms with Crippen LogP contribution in [0.3, 0.4) is 0 Å². The Labute approximate surface area is 116 Å². The van der Waals surface area contributed by atoms with E-state index in [0.717, 1.165) is 11.3 Å². The zero-order chi connectivity index (χ0) is 13.7. The normalized spacial score (nSPS) is 24.2. The lowest BCUT2D eigenvalue weighted by Gasteiger charge is -2.28. The van der Waals surface area contributed by atoms with Gasteiger partial charge in [0.1, 0.15) is 10.4 Å². The third-order valence-corrected chi connectivity index (χ3v) is 5.21. The first-order valence-electron chi connectivity index (χ1n) is 5.77. The van der Waals surface area contributed by atoms with E-state index >= 15 is 0 Å². The second-order valence-corrected chi connectivity index (χ2v) is 6.02. The topological polar surface area (TPSA) is 24.9 Å². The fraction of sp³-hybridized carbons (Fsp3) is 0.417. The Bertz CT molecular complexity index is 617. The van der Waals surface area contributed by atoms with E-state index < -0.39 is 11.6 Å². The lowest BCUT2D eigenvalue weighted by Crippen LogP contribution is -2.44. The van der Waals surface area contributed by atoms with Crippen LogP contribution in [0.5, 0.6) is 0 Å². The standard InChI is InChI=1S/C12H10ClF3N2S/c13-7-2-1-3-8-9(7)19-10(18-8)11(12(14,15)16)4-5-17-6-11/h1-3,17H,4-6H2. The van der Waals surface area contributed by atoms with Crippen LogP contribution < -0.4 is 5.32 Å². The quantitative estimate of drug-likeness (QED) is 0.868. The molecule has 2 aromatic rings. The molecule has 7 heteroatoms. The van der Waals surface area contributed by atoms with Gasteiger partial charge in [-0.1, -0.05) is 17.7 Å². The van der Waals surface area contributed by atoms with Crippen molar-refractivity contribution >= 4 is 33.2 Å². The van der Waals surface area contributed by atoms with Gasteiger partial charge in [0.05, 0.1) is 15.2 Å². The van der Waals surface area contributed by atoms with Crippen molar-refractivity contribution in [2.45, 2.75) is 18.0 Å². The van der Waals surface area contributed by atoms with E-state index in [1.807, 2.05) is 0 Å². The number of hydrogen-bond donors (Lipinski definition) is 1. The largest absolute Gasteiger partial charge is 0.402 e. The van der Waals surface area contributed by atoms with Gasteiger partial charge >= 0.3 is 6.18 Å². The van der Waals surface area contributed by atoms with Gasteiger partial charge < -0.3 is 5.32 Å². The van der Waals surface area contributed by atoms with Gasteiger partial charge in [-0.25, -0.2) is 4.98 Å². The SMILES string of the molecule is FC(F)(F)C1(c2nc3cccc(Cl)c3s2)CCNC1. The molecule has 0 spiro atoms. The van der Waals surface area contributed by atoms with Gasteiger partial charge in [0.25, 0.3) is 0 Å². The van der Waals surface area contributed by atoms with Gasteiger partial charge in [-0.15, -0.1) is 11.3 Å². The van der Waals surface area contributed by atoms with Crippen molar-refractivity contribution in [3.8, 4) is 0 Å². The molecular formula is C12H10ClF3N2S. The minimum Gasteiger partial charge on any atom is -0.315 e. The number of alkyl halides is 3. The molecule has 1 atom stereocenters. The van der Waals surface area contributed by atoms with E-state index in [-0.39, 0.29) is 18.0 Å². The summed E-state index contributed by atoms with van der Waals surface area (Å²) in [6.07, 6.45) is -4.29. The fourth-order valence-corrected chi connectivity index (χ4v) is 3.85. The number of thiazole rings is 1. The van der Waals surface area contributed by atoms with Gasteiger partial charge in [-0.05, 0) is 25.1 Å². The zero-order valence-corrected chi connectivity index (χ0v) is 11.3. The molecule has 2 nitrogen and oxygen atoms in total. The van der Waals surface area contributed by atoms with E-state index in [1.165, 1.54) is 0 Å². The van der Waals surface area contributed by atoms with Crippen LogP contribution in [0, 0.1) is 0 Å². The van der Waals surface area contributed by atoms with Crippen molar-refractivity contribution in [2.24, 2.45) is 0 Å². The Morgan fingerprint density at radius 2 is 2.16 bits per heavy atom. The molecular weight excluding hydrogens is 297 g/mol. The molecule has 19 heavy (non-hydrogen) atoms. The van der Waals surface area contributed by atoms with Gasteiger partial charge in [0, 0.05) is 6.54 Å². The summed E-state index contributed by atoms with van der Waals surface area (Å²) >= 11 is 7.05. The molecule has 1 unspecified atom stereocenters. The summed E-state index contributed by atoms with van der Waals surface area (Å²) in [7, 11) is 0. The third kappa shape index (κ3) is 1.93. The Morgan fingerprint density at radius 3 is 2.74 bits per heavy atom. The maximum atomic E-state index is 13.4. The maximum absolute atomic E-state index is 13.4. The summed E-state index contributed by atoms with van der Waals surface area (Å²) in [5.74, 6) is 0.